The minimum absolute atomic E-state index is 0.0133. The fourth-order valence-corrected chi connectivity index (χ4v) is 3.57. The van der Waals surface area contributed by atoms with Crippen molar-refractivity contribution in [2.24, 2.45) is 23.2 Å². The second-order valence-electron chi connectivity index (χ2n) is 7.63. The number of aliphatic carboxylic acids is 1. The monoisotopic (exact) mass is 360 g/mol. The molecule has 0 heterocycles. The van der Waals surface area contributed by atoms with Gasteiger partial charge in [0.2, 0.25) is 11.8 Å². The number of methoxy groups -OCH3 is 1. The molecule has 2 amide bonds. The molecular formula is C19H24N2O5. The van der Waals surface area contributed by atoms with E-state index in [1.807, 2.05) is 0 Å². The maximum atomic E-state index is 12.6. The van der Waals surface area contributed by atoms with Crippen LogP contribution in [0.1, 0.15) is 33.1 Å². The van der Waals surface area contributed by atoms with Crippen LogP contribution in [0.4, 0.5) is 11.4 Å². The number of amides is 2. The Morgan fingerprint density at radius 3 is 2.23 bits per heavy atom. The van der Waals surface area contributed by atoms with Crippen LogP contribution in [0.2, 0.25) is 0 Å². The van der Waals surface area contributed by atoms with Gasteiger partial charge < -0.3 is 20.5 Å². The second kappa shape index (κ2) is 6.63. The van der Waals surface area contributed by atoms with Gasteiger partial charge in [0.05, 0.1) is 30.3 Å². The number of anilines is 2. The highest BCUT2D eigenvalue weighted by molar-refractivity contribution is 6.04. The molecule has 0 unspecified atom stereocenters. The van der Waals surface area contributed by atoms with E-state index in [1.165, 1.54) is 7.11 Å². The van der Waals surface area contributed by atoms with E-state index in [0.717, 1.165) is 19.3 Å². The molecule has 3 rings (SSSR count). The van der Waals surface area contributed by atoms with Crippen molar-refractivity contribution in [1.82, 2.24) is 0 Å². The molecule has 7 heteroatoms. The number of hydrogen-bond acceptors (Lipinski definition) is 4. The van der Waals surface area contributed by atoms with Gasteiger partial charge >= 0.3 is 5.97 Å². The third-order valence-electron chi connectivity index (χ3n) is 5.59. The van der Waals surface area contributed by atoms with E-state index in [1.54, 1.807) is 32.0 Å². The molecule has 2 fully saturated rings. The summed E-state index contributed by atoms with van der Waals surface area (Å²) in [4.78, 5) is 36.2. The summed E-state index contributed by atoms with van der Waals surface area (Å²) >= 11 is 0. The number of carbonyl (C=O) groups is 3. The van der Waals surface area contributed by atoms with E-state index in [9.17, 15) is 19.5 Å². The van der Waals surface area contributed by atoms with Crippen LogP contribution >= 0.6 is 0 Å². The van der Waals surface area contributed by atoms with Crippen LogP contribution in [-0.4, -0.2) is 30.0 Å². The Morgan fingerprint density at radius 2 is 1.73 bits per heavy atom. The van der Waals surface area contributed by atoms with Crippen LogP contribution in [0.25, 0.3) is 0 Å². The Labute approximate surface area is 152 Å². The number of nitrogens with one attached hydrogen (secondary N) is 2. The van der Waals surface area contributed by atoms with Crippen molar-refractivity contribution in [2.75, 3.05) is 17.7 Å². The number of carbonyl (C=O) groups excluding carboxylic acids is 2. The molecule has 0 aliphatic heterocycles. The zero-order valence-electron chi connectivity index (χ0n) is 15.2. The Hall–Kier alpha value is -2.57. The molecule has 2 saturated carbocycles. The highest BCUT2D eigenvalue weighted by atomic mass is 16.5. The lowest BCUT2D eigenvalue weighted by Gasteiger charge is -2.24. The van der Waals surface area contributed by atoms with E-state index < -0.39 is 23.2 Å². The van der Waals surface area contributed by atoms with E-state index >= 15 is 0 Å². The quantitative estimate of drug-likeness (QED) is 0.723. The molecule has 0 radical (unpaired) electrons. The van der Waals surface area contributed by atoms with Crippen molar-refractivity contribution >= 4 is 29.2 Å². The summed E-state index contributed by atoms with van der Waals surface area (Å²) in [6.07, 6.45) is 2.80. The molecule has 0 aromatic heterocycles. The summed E-state index contributed by atoms with van der Waals surface area (Å²) in [5.41, 5.74) is 0.305. The summed E-state index contributed by atoms with van der Waals surface area (Å²) in [6.45, 7) is 3.53. The third-order valence-corrected chi connectivity index (χ3v) is 5.59. The molecule has 0 spiro atoms. The van der Waals surface area contributed by atoms with Gasteiger partial charge in [-0.15, -0.1) is 0 Å². The second-order valence-corrected chi connectivity index (χ2v) is 7.63. The largest absolute Gasteiger partial charge is 0.497 e. The first kappa shape index (κ1) is 18.2. The zero-order chi connectivity index (χ0) is 19.1. The number of carboxylic acids is 1. The first-order valence-corrected chi connectivity index (χ1v) is 8.78. The Morgan fingerprint density at radius 1 is 1.08 bits per heavy atom. The summed E-state index contributed by atoms with van der Waals surface area (Å²) in [5, 5.41) is 14.9. The molecule has 1 aromatic rings. The van der Waals surface area contributed by atoms with Crippen LogP contribution in [0.3, 0.4) is 0 Å². The van der Waals surface area contributed by atoms with Crippen molar-refractivity contribution < 1.29 is 24.2 Å². The van der Waals surface area contributed by atoms with Gasteiger partial charge in [-0.1, -0.05) is 20.3 Å². The van der Waals surface area contributed by atoms with Gasteiger partial charge in [-0.3, -0.25) is 14.4 Å². The molecule has 140 valence electrons. The average molecular weight is 360 g/mol. The number of carboxylic acid groups (broad SMARTS) is 1. The molecule has 0 saturated heterocycles. The van der Waals surface area contributed by atoms with Crippen molar-refractivity contribution in [2.45, 2.75) is 33.1 Å². The van der Waals surface area contributed by atoms with Crippen LogP contribution < -0.4 is 15.4 Å². The van der Waals surface area contributed by atoms with E-state index in [4.69, 9.17) is 4.74 Å². The number of hydrogen-bond donors (Lipinski definition) is 3. The van der Waals surface area contributed by atoms with Crippen LogP contribution in [0.5, 0.6) is 5.75 Å². The number of benzene rings is 1. The lowest BCUT2D eigenvalue weighted by molar-refractivity contribution is -0.140. The zero-order valence-corrected chi connectivity index (χ0v) is 15.2. The topological polar surface area (TPSA) is 105 Å². The molecule has 0 bridgehead atoms. The Kier molecular flexibility index (Phi) is 4.64. The highest BCUT2D eigenvalue weighted by Crippen LogP contribution is 2.58. The van der Waals surface area contributed by atoms with Crippen molar-refractivity contribution in [3.63, 3.8) is 0 Å². The van der Waals surface area contributed by atoms with E-state index in [-0.39, 0.29) is 17.7 Å². The van der Waals surface area contributed by atoms with Crippen LogP contribution in [0, 0.1) is 23.2 Å². The molecule has 26 heavy (non-hydrogen) atoms. The number of rotatable bonds is 6. The molecule has 1 aromatic carbocycles. The molecule has 2 aliphatic carbocycles. The first-order valence-electron chi connectivity index (χ1n) is 8.78. The molecule has 2 aliphatic rings. The predicted octanol–water partition coefficient (Wildman–Crippen LogP) is 2.73. The van der Waals surface area contributed by atoms with Gasteiger partial charge in [0.15, 0.2) is 0 Å². The fourth-order valence-electron chi connectivity index (χ4n) is 3.57. The maximum Gasteiger partial charge on any atom is 0.307 e. The SMILES string of the molecule is COc1ccc(NC(=O)C2CCC2)c(NC(=O)[C@H]2[C@H](C(=O)O)C2(C)C)c1. The Balaban J connectivity index is 1.78. The van der Waals surface area contributed by atoms with Crippen molar-refractivity contribution in [3.05, 3.63) is 18.2 Å². The molecule has 3 N–H and O–H groups in total. The summed E-state index contributed by atoms with van der Waals surface area (Å²) < 4.78 is 5.19. The van der Waals surface area contributed by atoms with Crippen molar-refractivity contribution in [3.8, 4) is 5.75 Å². The summed E-state index contributed by atoms with van der Waals surface area (Å²) in [6, 6.07) is 5.00. The van der Waals surface area contributed by atoms with Crippen molar-refractivity contribution in [1.29, 1.82) is 0 Å². The first-order chi connectivity index (χ1) is 12.3. The fraction of sp³-hybridized carbons (Fsp3) is 0.526. The van der Waals surface area contributed by atoms with Gasteiger partial charge in [-0.25, -0.2) is 0 Å². The van der Waals surface area contributed by atoms with Gasteiger partial charge in [0.25, 0.3) is 0 Å². The lowest BCUT2D eigenvalue weighted by atomic mass is 9.85. The summed E-state index contributed by atoms with van der Waals surface area (Å²) in [5.74, 6) is -2.17. The van der Waals surface area contributed by atoms with Gasteiger partial charge in [0.1, 0.15) is 5.75 Å². The standard InChI is InChI=1S/C19H24N2O5/c1-19(2)14(15(19)18(24)25)17(23)21-13-9-11(26-3)7-8-12(13)20-16(22)10-5-4-6-10/h7-10,14-15H,4-6H2,1-3H3,(H,20,22)(H,21,23)(H,24,25)/t14-,15-/m1/s1. The average Bonchev–Trinajstić information content (AvgIpc) is 3.10. The predicted molar refractivity (Wildman–Crippen MR) is 96.0 cm³/mol. The van der Waals surface area contributed by atoms with E-state index in [0.29, 0.717) is 17.1 Å². The smallest absolute Gasteiger partial charge is 0.307 e. The highest BCUT2D eigenvalue weighted by Gasteiger charge is 2.65. The molecule has 7 nitrogen and oxygen atoms in total. The maximum absolute atomic E-state index is 12.6. The minimum atomic E-state index is -0.973. The van der Waals surface area contributed by atoms with Gasteiger partial charge in [-0.05, 0) is 30.4 Å². The van der Waals surface area contributed by atoms with Crippen LogP contribution in [0.15, 0.2) is 18.2 Å². The van der Waals surface area contributed by atoms with Gasteiger partial charge in [-0.2, -0.15) is 0 Å². The van der Waals surface area contributed by atoms with Crippen LogP contribution in [-0.2, 0) is 14.4 Å². The van der Waals surface area contributed by atoms with Gasteiger partial charge in [0, 0.05) is 12.0 Å². The minimum Gasteiger partial charge on any atom is -0.497 e. The normalized spacial score (nSPS) is 23.5. The molecule has 2 atom stereocenters. The Bertz CT molecular complexity index is 754. The number of ether oxygens (including phenoxy) is 1. The van der Waals surface area contributed by atoms with E-state index in [2.05, 4.69) is 10.6 Å². The lowest BCUT2D eigenvalue weighted by Crippen LogP contribution is -2.28. The summed E-state index contributed by atoms with van der Waals surface area (Å²) in [7, 11) is 1.51. The third kappa shape index (κ3) is 3.25. The molecular weight excluding hydrogens is 336 g/mol.